The summed E-state index contributed by atoms with van der Waals surface area (Å²) in [5.74, 6) is 0.949. The molecule has 0 radical (unpaired) electrons. The number of aromatic nitrogens is 3. The Morgan fingerprint density at radius 1 is 1.41 bits per heavy atom. The molecule has 0 fully saturated rings. The number of pyridine rings is 1. The van der Waals surface area contributed by atoms with Crippen molar-refractivity contribution in [2.75, 3.05) is 0 Å². The minimum absolute atomic E-state index is 0.378. The maximum Gasteiger partial charge on any atom is 0.228 e. The van der Waals surface area contributed by atoms with E-state index >= 15 is 0 Å². The average Bonchev–Trinajstić information content (AvgIpc) is 2.64. The molecular formula is C11H13ClN4O. The highest BCUT2D eigenvalue weighted by Crippen LogP contribution is 2.17. The zero-order valence-corrected chi connectivity index (χ0v) is 10.4. The van der Waals surface area contributed by atoms with Gasteiger partial charge in [-0.15, -0.1) is 0 Å². The third kappa shape index (κ3) is 3.25. The molecule has 0 aliphatic carbocycles. The minimum Gasteiger partial charge on any atom is -0.339 e. The number of halogens is 1. The Labute approximate surface area is 104 Å². The van der Waals surface area contributed by atoms with Gasteiger partial charge in [0.05, 0.1) is 5.02 Å². The van der Waals surface area contributed by atoms with Crippen molar-refractivity contribution in [1.29, 1.82) is 0 Å². The molecule has 5 nitrogen and oxygen atoms in total. The lowest BCUT2D eigenvalue weighted by molar-refractivity contribution is 0.348. The van der Waals surface area contributed by atoms with Gasteiger partial charge < -0.3 is 10.3 Å². The summed E-state index contributed by atoms with van der Waals surface area (Å²) in [6.45, 7) is 3.80. The lowest BCUT2D eigenvalue weighted by Crippen LogP contribution is -2.34. The van der Waals surface area contributed by atoms with E-state index < -0.39 is 0 Å². The average molecular weight is 253 g/mol. The summed E-state index contributed by atoms with van der Waals surface area (Å²) in [5.41, 5.74) is 6.12. The number of nitrogens with zero attached hydrogens (tertiary/aromatic N) is 3. The monoisotopic (exact) mass is 252 g/mol. The Morgan fingerprint density at radius 2 is 2.18 bits per heavy atom. The van der Waals surface area contributed by atoms with Gasteiger partial charge in [-0.2, -0.15) is 4.98 Å². The van der Waals surface area contributed by atoms with Gasteiger partial charge in [0.25, 0.3) is 0 Å². The molecule has 2 heterocycles. The predicted octanol–water partition coefficient (Wildman–Crippen LogP) is 2.06. The smallest absolute Gasteiger partial charge is 0.228 e. The molecule has 2 aromatic rings. The standard InChI is InChI=1S/C11H13ClN4O/c1-11(2,13)5-9-15-10(16-17-9)8-4-3-7(12)6-14-8/h3-4,6H,5,13H2,1-2H3. The van der Waals surface area contributed by atoms with E-state index in [1.54, 1.807) is 18.3 Å². The number of hydrogen-bond acceptors (Lipinski definition) is 5. The molecule has 0 bridgehead atoms. The van der Waals surface area contributed by atoms with Gasteiger partial charge >= 0.3 is 0 Å². The van der Waals surface area contributed by atoms with Crippen molar-refractivity contribution in [2.45, 2.75) is 25.8 Å². The Bertz CT molecular complexity index is 501. The largest absolute Gasteiger partial charge is 0.339 e. The fourth-order valence-corrected chi connectivity index (χ4v) is 1.44. The lowest BCUT2D eigenvalue weighted by atomic mass is 10.0. The first-order valence-electron chi connectivity index (χ1n) is 5.17. The molecule has 2 N–H and O–H groups in total. The molecule has 0 saturated carbocycles. The van der Waals surface area contributed by atoms with E-state index in [0.29, 0.717) is 28.9 Å². The van der Waals surface area contributed by atoms with Crippen molar-refractivity contribution in [3.05, 3.63) is 29.2 Å². The van der Waals surface area contributed by atoms with E-state index in [9.17, 15) is 0 Å². The molecule has 6 heteroatoms. The molecule has 2 aromatic heterocycles. The molecule has 0 amide bonds. The molecule has 0 aliphatic heterocycles. The summed E-state index contributed by atoms with van der Waals surface area (Å²) in [4.78, 5) is 8.34. The van der Waals surface area contributed by atoms with Gasteiger partial charge in [-0.3, -0.25) is 4.98 Å². The fourth-order valence-electron chi connectivity index (χ4n) is 1.33. The van der Waals surface area contributed by atoms with Crippen molar-refractivity contribution < 1.29 is 4.52 Å². The van der Waals surface area contributed by atoms with Crippen LogP contribution in [0.25, 0.3) is 11.5 Å². The molecular weight excluding hydrogens is 240 g/mol. The fraction of sp³-hybridized carbons (Fsp3) is 0.364. The molecule has 2 rings (SSSR count). The van der Waals surface area contributed by atoms with Gasteiger partial charge in [0.15, 0.2) is 0 Å². The van der Waals surface area contributed by atoms with E-state index in [1.165, 1.54) is 0 Å². The highest BCUT2D eigenvalue weighted by molar-refractivity contribution is 6.30. The number of nitrogens with two attached hydrogens (primary N) is 1. The summed E-state index contributed by atoms with van der Waals surface area (Å²) in [7, 11) is 0. The van der Waals surface area contributed by atoms with Crippen LogP contribution in [0.4, 0.5) is 0 Å². The van der Waals surface area contributed by atoms with E-state index in [1.807, 2.05) is 13.8 Å². The van der Waals surface area contributed by atoms with Crippen LogP contribution in [0.1, 0.15) is 19.7 Å². The molecule has 0 atom stereocenters. The summed E-state index contributed by atoms with van der Waals surface area (Å²) < 4.78 is 5.11. The molecule has 17 heavy (non-hydrogen) atoms. The molecule has 0 spiro atoms. The Balaban J connectivity index is 2.21. The topological polar surface area (TPSA) is 77.8 Å². The second kappa shape index (κ2) is 4.43. The van der Waals surface area contributed by atoms with E-state index in [2.05, 4.69) is 15.1 Å². The predicted molar refractivity (Wildman–Crippen MR) is 64.5 cm³/mol. The number of hydrogen-bond donors (Lipinski definition) is 1. The highest BCUT2D eigenvalue weighted by atomic mass is 35.5. The van der Waals surface area contributed by atoms with Crippen LogP contribution in [0.3, 0.4) is 0 Å². The molecule has 0 unspecified atom stereocenters. The van der Waals surface area contributed by atoms with Crippen molar-refractivity contribution in [3.8, 4) is 11.5 Å². The van der Waals surface area contributed by atoms with Crippen LogP contribution in [0.2, 0.25) is 5.02 Å². The zero-order valence-electron chi connectivity index (χ0n) is 9.64. The maximum absolute atomic E-state index is 5.87. The van der Waals surface area contributed by atoms with Gasteiger partial charge in [-0.1, -0.05) is 16.8 Å². The minimum atomic E-state index is -0.378. The van der Waals surface area contributed by atoms with Crippen LogP contribution in [-0.2, 0) is 6.42 Å². The Morgan fingerprint density at radius 3 is 2.76 bits per heavy atom. The van der Waals surface area contributed by atoms with Gasteiger partial charge in [0.1, 0.15) is 5.69 Å². The second-order valence-electron chi connectivity index (χ2n) is 4.54. The Hall–Kier alpha value is -1.46. The summed E-state index contributed by atoms with van der Waals surface area (Å²) >= 11 is 5.75. The number of rotatable bonds is 3. The van der Waals surface area contributed by atoms with Crippen LogP contribution in [0.5, 0.6) is 0 Å². The zero-order chi connectivity index (χ0) is 12.5. The molecule has 90 valence electrons. The third-order valence-electron chi connectivity index (χ3n) is 2.03. The van der Waals surface area contributed by atoms with Crippen LogP contribution in [0, 0.1) is 0 Å². The van der Waals surface area contributed by atoms with Gasteiger partial charge in [-0.25, -0.2) is 0 Å². The third-order valence-corrected chi connectivity index (χ3v) is 2.25. The first-order valence-corrected chi connectivity index (χ1v) is 5.55. The first kappa shape index (κ1) is 12.0. The van der Waals surface area contributed by atoms with Crippen LogP contribution >= 0.6 is 11.6 Å². The SMILES string of the molecule is CC(C)(N)Cc1nc(-c2ccc(Cl)cn2)no1. The molecule has 0 aromatic carbocycles. The molecule has 0 aliphatic rings. The van der Waals surface area contributed by atoms with Crippen LogP contribution < -0.4 is 5.73 Å². The van der Waals surface area contributed by atoms with Gasteiger partial charge in [0, 0.05) is 18.2 Å². The second-order valence-corrected chi connectivity index (χ2v) is 4.98. The normalized spacial score (nSPS) is 11.8. The van der Waals surface area contributed by atoms with E-state index in [0.717, 1.165) is 0 Å². The van der Waals surface area contributed by atoms with Gasteiger partial charge in [0.2, 0.25) is 11.7 Å². The summed E-state index contributed by atoms with van der Waals surface area (Å²) in [5, 5.41) is 4.42. The maximum atomic E-state index is 5.87. The van der Waals surface area contributed by atoms with Crippen LogP contribution in [0.15, 0.2) is 22.9 Å². The van der Waals surface area contributed by atoms with E-state index in [-0.39, 0.29) is 5.54 Å². The van der Waals surface area contributed by atoms with Crippen molar-refractivity contribution in [3.63, 3.8) is 0 Å². The van der Waals surface area contributed by atoms with Gasteiger partial charge in [-0.05, 0) is 26.0 Å². The van der Waals surface area contributed by atoms with Crippen molar-refractivity contribution in [1.82, 2.24) is 15.1 Å². The van der Waals surface area contributed by atoms with Crippen molar-refractivity contribution >= 4 is 11.6 Å². The molecule has 0 saturated heterocycles. The van der Waals surface area contributed by atoms with Crippen LogP contribution in [-0.4, -0.2) is 20.7 Å². The highest BCUT2D eigenvalue weighted by Gasteiger charge is 2.17. The lowest BCUT2D eigenvalue weighted by Gasteiger charge is -2.14. The van der Waals surface area contributed by atoms with E-state index in [4.69, 9.17) is 21.9 Å². The first-order chi connectivity index (χ1) is 7.94. The summed E-state index contributed by atoms with van der Waals surface area (Å²) in [6.07, 6.45) is 2.06. The quantitative estimate of drug-likeness (QED) is 0.905. The van der Waals surface area contributed by atoms with Crippen molar-refractivity contribution in [2.24, 2.45) is 5.73 Å². The Kier molecular flexibility index (Phi) is 3.13. The summed E-state index contributed by atoms with van der Waals surface area (Å²) in [6, 6.07) is 3.47.